The van der Waals surface area contributed by atoms with E-state index in [1.165, 1.54) is 0 Å². The molecule has 6 nitrogen and oxygen atoms in total. The van der Waals surface area contributed by atoms with E-state index in [0.29, 0.717) is 0 Å². The van der Waals surface area contributed by atoms with Crippen LogP contribution in [0.15, 0.2) is 20.7 Å². The fraction of sp³-hybridized carbons (Fsp3) is 0. The molecule has 0 saturated heterocycles. The molecule has 0 unspecified atom stereocenters. The summed E-state index contributed by atoms with van der Waals surface area (Å²) in [6.45, 7) is 0. The van der Waals surface area contributed by atoms with Gasteiger partial charge in [0, 0.05) is 0 Å². The molecule has 0 aromatic carbocycles. The van der Waals surface area contributed by atoms with Gasteiger partial charge in [-0.1, -0.05) is 23.2 Å². The fourth-order valence-electron chi connectivity index (χ4n) is 1.73. The van der Waals surface area contributed by atoms with Crippen LogP contribution in [-0.2, 0) is 0 Å². The van der Waals surface area contributed by atoms with Crippen molar-refractivity contribution in [3.05, 3.63) is 57.6 Å². The Balaban J connectivity index is 2.98. The first-order valence-electron chi connectivity index (χ1n) is 4.38. The van der Waals surface area contributed by atoms with Gasteiger partial charge >= 0.3 is 0 Å². The van der Waals surface area contributed by atoms with E-state index in [1.807, 2.05) is 0 Å². The lowest BCUT2D eigenvalue weighted by Gasteiger charge is -1.89. The van der Waals surface area contributed by atoms with Crippen LogP contribution in [-0.4, -0.2) is 14.6 Å². The summed E-state index contributed by atoms with van der Waals surface area (Å²) in [5.41, 5.74) is -2.16. The zero-order chi connectivity index (χ0) is 12.3. The summed E-state index contributed by atoms with van der Waals surface area (Å²) in [7, 11) is 0. The van der Waals surface area contributed by atoms with Crippen molar-refractivity contribution in [3.63, 3.8) is 0 Å². The van der Waals surface area contributed by atoms with Crippen LogP contribution in [0.3, 0.4) is 0 Å². The maximum atomic E-state index is 11.9. The molecular formula is C9HCl2N3O3. The number of hydrogen-bond acceptors (Lipinski definition) is 5. The highest BCUT2D eigenvalue weighted by atomic mass is 35.5. The summed E-state index contributed by atoms with van der Waals surface area (Å²) in [5.74, 6) is 0. The van der Waals surface area contributed by atoms with Crippen molar-refractivity contribution in [3.8, 4) is 0 Å². The maximum absolute atomic E-state index is 11.9. The Kier molecular flexibility index (Phi) is 1.90. The highest BCUT2D eigenvalue weighted by molar-refractivity contribution is 6.41. The van der Waals surface area contributed by atoms with Gasteiger partial charge in [0.15, 0.2) is 5.65 Å². The highest BCUT2D eigenvalue weighted by Crippen LogP contribution is 2.13. The first-order chi connectivity index (χ1) is 8.04. The minimum Gasteiger partial charge on any atom is -0.287 e. The minimum absolute atomic E-state index is 0.0191. The quantitative estimate of drug-likeness (QED) is 0.561. The van der Waals surface area contributed by atoms with Crippen LogP contribution in [0.4, 0.5) is 0 Å². The molecule has 17 heavy (non-hydrogen) atoms. The molecule has 0 radical (unpaired) electrons. The second kappa shape index (κ2) is 3.12. The maximum Gasteiger partial charge on any atom is 0.285 e. The zero-order valence-corrected chi connectivity index (χ0v) is 9.41. The first-order valence-corrected chi connectivity index (χ1v) is 5.13. The lowest BCUT2D eigenvalue weighted by molar-refractivity contribution is 0.929. The molecule has 0 spiro atoms. The molecule has 0 bridgehead atoms. The number of nitrogens with zero attached hydrogens (tertiary/aromatic N) is 3. The van der Waals surface area contributed by atoms with Crippen molar-refractivity contribution >= 4 is 28.8 Å². The normalized spacial score (nSPS) is 11.6. The monoisotopic (exact) mass is 269 g/mol. The molecule has 0 saturated carbocycles. The largest absolute Gasteiger partial charge is 0.287 e. The molecule has 0 N–H and O–H groups in total. The smallest absolute Gasteiger partial charge is 0.285 e. The summed E-state index contributed by atoms with van der Waals surface area (Å²) in [6.07, 6.45) is 1.11. The van der Waals surface area contributed by atoms with Crippen LogP contribution in [0.25, 0.3) is 5.65 Å². The SMILES string of the molecule is O=c1c(Cl)c(Cl)c(=O)c2c3ncnn3c(=O)c1=2. The average Bonchev–Trinajstić information content (AvgIpc) is 2.86. The van der Waals surface area contributed by atoms with E-state index in [0.717, 1.165) is 10.8 Å². The van der Waals surface area contributed by atoms with Gasteiger partial charge in [-0.15, -0.1) is 0 Å². The lowest BCUT2D eigenvalue weighted by Crippen LogP contribution is -2.21. The van der Waals surface area contributed by atoms with Gasteiger partial charge in [0.25, 0.3) is 5.56 Å². The summed E-state index contributed by atoms with van der Waals surface area (Å²) < 4.78 is 0.875. The Morgan fingerprint density at radius 1 is 1.00 bits per heavy atom. The standard InChI is InChI=1S/C9HCl2N3O3/c10-4-5(11)7(16)3-2(6(4)15)8-12-1-13-14(8)9(3)17/h1H. The van der Waals surface area contributed by atoms with Gasteiger partial charge in [0.05, 0.1) is 5.22 Å². The molecular weight excluding hydrogens is 269 g/mol. The molecule has 0 amide bonds. The molecule has 1 aliphatic carbocycles. The van der Waals surface area contributed by atoms with E-state index >= 15 is 0 Å². The van der Waals surface area contributed by atoms with E-state index in [-0.39, 0.29) is 16.1 Å². The van der Waals surface area contributed by atoms with Crippen LogP contribution >= 0.6 is 23.2 Å². The predicted molar refractivity (Wildman–Crippen MR) is 59.5 cm³/mol. The molecule has 84 valence electrons. The summed E-state index contributed by atoms with van der Waals surface area (Å²) >= 11 is 11.2. The van der Waals surface area contributed by atoms with E-state index in [2.05, 4.69) is 10.1 Å². The molecule has 0 atom stereocenters. The van der Waals surface area contributed by atoms with Crippen molar-refractivity contribution in [2.75, 3.05) is 0 Å². The molecule has 1 aromatic rings. The average molecular weight is 270 g/mol. The third-order valence-corrected chi connectivity index (χ3v) is 3.29. The van der Waals surface area contributed by atoms with Gasteiger partial charge in [-0.05, 0) is 0 Å². The van der Waals surface area contributed by atoms with Gasteiger partial charge < -0.3 is 0 Å². The fourth-order valence-corrected chi connectivity index (χ4v) is 2.09. The van der Waals surface area contributed by atoms with Crippen LogP contribution in [0.2, 0.25) is 10.0 Å². The van der Waals surface area contributed by atoms with Gasteiger partial charge in [0.2, 0.25) is 10.9 Å². The number of aromatic nitrogens is 3. The van der Waals surface area contributed by atoms with E-state index in [4.69, 9.17) is 23.2 Å². The molecule has 2 aliphatic rings. The summed E-state index contributed by atoms with van der Waals surface area (Å²) in [4.78, 5) is 39.2. The van der Waals surface area contributed by atoms with Crippen LogP contribution < -0.4 is 16.4 Å². The molecule has 2 heterocycles. The minimum atomic E-state index is -0.774. The Labute approximate surface area is 101 Å². The molecule has 1 aliphatic heterocycles. The van der Waals surface area contributed by atoms with E-state index in [1.54, 1.807) is 0 Å². The summed E-state index contributed by atoms with van der Waals surface area (Å²) in [5, 5.41) is 2.32. The first kappa shape index (κ1) is 10.4. The van der Waals surface area contributed by atoms with Crippen LogP contribution in [0.5, 0.6) is 0 Å². The van der Waals surface area contributed by atoms with Gasteiger partial charge in [-0.2, -0.15) is 9.61 Å². The Hall–Kier alpha value is -1.79. The molecule has 1 aromatic heterocycles. The third-order valence-electron chi connectivity index (χ3n) is 2.47. The number of halogens is 2. The molecule has 3 rings (SSSR count). The van der Waals surface area contributed by atoms with Crippen molar-refractivity contribution in [2.45, 2.75) is 0 Å². The lowest BCUT2D eigenvalue weighted by atomic mass is 10.2. The van der Waals surface area contributed by atoms with Crippen molar-refractivity contribution in [1.29, 1.82) is 0 Å². The number of hydrogen-bond donors (Lipinski definition) is 0. The van der Waals surface area contributed by atoms with Crippen molar-refractivity contribution in [1.82, 2.24) is 14.6 Å². The Bertz CT molecular complexity index is 968. The molecule has 0 fully saturated rings. The zero-order valence-electron chi connectivity index (χ0n) is 7.90. The second-order valence-corrected chi connectivity index (χ2v) is 4.09. The summed E-state index contributed by atoms with van der Waals surface area (Å²) in [6, 6.07) is 0. The number of fused-ring (bicyclic) bond motifs is 2. The third kappa shape index (κ3) is 1.08. The number of rotatable bonds is 0. The Morgan fingerprint density at radius 3 is 2.24 bits per heavy atom. The van der Waals surface area contributed by atoms with Gasteiger partial charge in [0.1, 0.15) is 21.6 Å². The topological polar surface area (TPSA) is 81.4 Å². The van der Waals surface area contributed by atoms with Crippen LogP contribution in [0.1, 0.15) is 0 Å². The van der Waals surface area contributed by atoms with E-state index in [9.17, 15) is 14.4 Å². The Morgan fingerprint density at radius 2 is 1.59 bits per heavy atom. The predicted octanol–water partition coefficient (Wildman–Crippen LogP) is -0.283. The highest BCUT2D eigenvalue weighted by Gasteiger charge is 2.19. The van der Waals surface area contributed by atoms with Crippen molar-refractivity contribution < 1.29 is 0 Å². The van der Waals surface area contributed by atoms with E-state index < -0.39 is 26.5 Å². The molecule has 8 heteroatoms. The second-order valence-electron chi connectivity index (χ2n) is 3.34. The van der Waals surface area contributed by atoms with Gasteiger partial charge in [-0.3, -0.25) is 14.4 Å². The van der Waals surface area contributed by atoms with Crippen LogP contribution in [0, 0.1) is 10.4 Å². The van der Waals surface area contributed by atoms with Gasteiger partial charge in [-0.25, -0.2) is 4.98 Å². The van der Waals surface area contributed by atoms with Crippen molar-refractivity contribution in [2.24, 2.45) is 0 Å².